The van der Waals surface area contributed by atoms with Gasteiger partial charge in [0.1, 0.15) is 23.5 Å². The fraction of sp³-hybridized carbons (Fsp3) is 0.400. The van der Waals surface area contributed by atoms with Crippen LogP contribution in [0.4, 0.5) is 0 Å². The van der Waals surface area contributed by atoms with Crippen molar-refractivity contribution in [2.45, 2.75) is 71.1 Å². The van der Waals surface area contributed by atoms with Gasteiger partial charge < -0.3 is 20.3 Å². The minimum atomic E-state index is -1.49. The number of hydrogen-bond donors (Lipinski definition) is 2. The second-order valence-corrected chi connectivity index (χ2v) is 10.7. The molecule has 1 amide bonds. The first kappa shape index (κ1) is 25.7. The standard InChI is InChI=1S/C30H33N5O3/c1-18-13-23(14-18)35(22-7-8-22)29(36)28(31)27(25-10-12-32-17-33-25)24-16-21(6-5-19(24)2)9-11-30(4,37)26-15-20(3)38-34-26/h5-6,10,12,15-18,22-23,37H,7-8,13-14,31H2,1-4H3/b28-27+/t18?,23?,30-/m1/s1. The number of carbonyl (C=O) groups excluding carboxylic acids is 1. The van der Waals surface area contributed by atoms with Crippen molar-refractivity contribution in [3.05, 3.63) is 82.4 Å². The maximum absolute atomic E-state index is 13.9. The molecule has 0 unspecified atom stereocenters. The predicted octanol–water partition coefficient (Wildman–Crippen LogP) is 3.85. The molecular weight excluding hydrogens is 478 g/mol. The van der Waals surface area contributed by atoms with Crippen LogP contribution in [-0.4, -0.2) is 43.1 Å². The number of amides is 1. The van der Waals surface area contributed by atoms with Crippen LogP contribution >= 0.6 is 0 Å². The lowest BCUT2D eigenvalue weighted by Gasteiger charge is -2.42. The Morgan fingerprint density at radius 2 is 1.95 bits per heavy atom. The maximum atomic E-state index is 13.9. The summed E-state index contributed by atoms with van der Waals surface area (Å²) >= 11 is 0. The van der Waals surface area contributed by atoms with E-state index >= 15 is 0 Å². The van der Waals surface area contributed by atoms with Crippen molar-refractivity contribution < 1.29 is 14.4 Å². The van der Waals surface area contributed by atoms with Crippen molar-refractivity contribution in [1.82, 2.24) is 20.0 Å². The van der Waals surface area contributed by atoms with Gasteiger partial charge >= 0.3 is 0 Å². The molecule has 8 heteroatoms. The smallest absolute Gasteiger partial charge is 0.270 e. The van der Waals surface area contributed by atoms with Gasteiger partial charge in [0.25, 0.3) is 5.91 Å². The van der Waals surface area contributed by atoms with Crippen LogP contribution in [0.3, 0.4) is 0 Å². The Hall–Kier alpha value is -3.96. The monoisotopic (exact) mass is 511 g/mol. The molecular formula is C30H33N5O3. The van der Waals surface area contributed by atoms with Crippen LogP contribution < -0.4 is 5.73 Å². The van der Waals surface area contributed by atoms with Crippen molar-refractivity contribution in [1.29, 1.82) is 0 Å². The van der Waals surface area contributed by atoms with Crippen LogP contribution in [0.1, 0.15) is 73.4 Å². The van der Waals surface area contributed by atoms with Crippen molar-refractivity contribution in [2.24, 2.45) is 11.7 Å². The Morgan fingerprint density at radius 1 is 1.18 bits per heavy atom. The molecule has 2 aliphatic rings. The number of carbonyl (C=O) groups is 1. The van der Waals surface area contributed by atoms with E-state index in [0.717, 1.165) is 36.8 Å². The molecule has 0 bridgehead atoms. The molecule has 38 heavy (non-hydrogen) atoms. The minimum absolute atomic E-state index is 0.141. The predicted molar refractivity (Wildman–Crippen MR) is 143 cm³/mol. The molecule has 3 N–H and O–H groups in total. The van der Waals surface area contributed by atoms with Gasteiger partial charge in [-0.15, -0.1) is 0 Å². The van der Waals surface area contributed by atoms with E-state index in [1.165, 1.54) is 6.33 Å². The summed E-state index contributed by atoms with van der Waals surface area (Å²) in [5.41, 5.74) is 9.22. The Bertz CT molecular complexity index is 1440. The third-order valence-corrected chi connectivity index (χ3v) is 7.34. The summed E-state index contributed by atoms with van der Waals surface area (Å²) in [6.07, 6.45) is 7.14. The fourth-order valence-electron chi connectivity index (χ4n) is 5.00. The summed E-state index contributed by atoms with van der Waals surface area (Å²) in [5.74, 6) is 7.02. The first-order valence-electron chi connectivity index (χ1n) is 13.0. The van der Waals surface area contributed by atoms with Gasteiger partial charge in [0, 0.05) is 35.5 Å². The molecule has 0 saturated heterocycles. The zero-order chi connectivity index (χ0) is 27.0. The van der Waals surface area contributed by atoms with E-state index in [9.17, 15) is 9.90 Å². The van der Waals surface area contributed by atoms with Gasteiger partial charge in [-0.05, 0) is 81.7 Å². The lowest BCUT2D eigenvalue weighted by Crippen LogP contribution is -2.50. The number of nitrogens with two attached hydrogens (primary N) is 1. The first-order valence-corrected chi connectivity index (χ1v) is 13.0. The fourth-order valence-corrected chi connectivity index (χ4v) is 5.00. The van der Waals surface area contributed by atoms with Gasteiger partial charge in [0.05, 0.1) is 5.69 Å². The normalized spacial score (nSPS) is 20.9. The van der Waals surface area contributed by atoms with Crippen LogP contribution in [0.15, 0.2) is 53.1 Å². The average molecular weight is 512 g/mol. The highest BCUT2D eigenvalue weighted by Crippen LogP contribution is 2.40. The number of aliphatic hydroxyl groups is 1. The molecule has 2 aromatic heterocycles. The number of rotatable bonds is 6. The highest BCUT2D eigenvalue weighted by Gasteiger charge is 2.43. The second kappa shape index (κ2) is 10.1. The van der Waals surface area contributed by atoms with Gasteiger partial charge in [-0.3, -0.25) is 4.79 Å². The van der Waals surface area contributed by atoms with E-state index in [4.69, 9.17) is 10.3 Å². The largest absolute Gasteiger partial charge is 0.394 e. The molecule has 8 nitrogen and oxygen atoms in total. The van der Waals surface area contributed by atoms with E-state index in [-0.39, 0.29) is 23.7 Å². The topological polar surface area (TPSA) is 118 Å². The van der Waals surface area contributed by atoms with E-state index in [1.54, 1.807) is 32.2 Å². The van der Waals surface area contributed by atoms with E-state index in [2.05, 4.69) is 33.9 Å². The van der Waals surface area contributed by atoms with Gasteiger partial charge in [0.2, 0.25) is 0 Å². The Kier molecular flexibility index (Phi) is 6.80. The molecule has 5 rings (SSSR count). The Labute approximate surface area is 223 Å². The lowest BCUT2D eigenvalue weighted by atomic mass is 9.80. The van der Waals surface area contributed by atoms with Crippen LogP contribution in [0.5, 0.6) is 0 Å². The Balaban J connectivity index is 1.56. The number of nitrogens with zero attached hydrogens (tertiary/aromatic N) is 4. The summed E-state index contributed by atoms with van der Waals surface area (Å²) in [6.45, 7) is 7.51. The molecule has 0 aliphatic heterocycles. The minimum Gasteiger partial charge on any atom is -0.394 e. The molecule has 2 saturated carbocycles. The Morgan fingerprint density at radius 3 is 2.55 bits per heavy atom. The zero-order valence-corrected chi connectivity index (χ0v) is 22.2. The van der Waals surface area contributed by atoms with Crippen molar-refractivity contribution in [3.8, 4) is 11.8 Å². The molecule has 2 heterocycles. The lowest BCUT2D eigenvalue weighted by molar-refractivity contribution is -0.132. The summed E-state index contributed by atoms with van der Waals surface area (Å²) in [6, 6.07) is 9.60. The number of aromatic nitrogens is 3. The molecule has 1 aromatic carbocycles. The number of aryl methyl sites for hydroxylation is 2. The highest BCUT2D eigenvalue weighted by atomic mass is 16.5. The summed E-state index contributed by atoms with van der Waals surface area (Å²) in [5, 5.41) is 14.8. The van der Waals surface area contributed by atoms with Crippen LogP contribution in [0.2, 0.25) is 0 Å². The number of hydrogen-bond acceptors (Lipinski definition) is 7. The van der Waals surface area contributed by atoms with Crippen molar-refractivity contribution in [3.63, 3.8) is 0 Å². The number of benzene rings is 1. The van der Waals surface area contributed by atoms with E-state index in [1.807, 2.05) is 30.0 Å². The SMILES string of the molecule is Cc1cc([C@](C)(O)C#Cc2ccc(C)c(/C(=C(\N)C(=O)N(C3CC3)C3CC(C)C3)c3ccncn3)c2)no1. The maximum Gasteiger partial charge on any atom is 0.270 e. The molecule has 0 radical (unpaired) electrons. The zero-order valence-electron chi connectivity index (χ0n) is 22.2. The molecule has 1 atom stereocenters. The first-order chi connectivity index (χ1) is 18.1. The van der Waals surface area contributed by atoms with E-state index in [0.29, 0.717) is 34.2 Å². The van der Waals surface area contributed by atoms with Gasteiger partial charge in [-0.25, -0.2) is 9.97 Å². The van der Waals surface area contributed by atoms with Gasteiger partial charge in [-0.2, -0.15) is 0 Å². The van der Waals surface area contributed by atoms with E-state index < -0.39 is 5.60 Å². The third-order valence-electron chi connectivity index (χ3n) is 7.34. The third kappa shape index (κ3) is 5.20. The molecule has 196 valence electrons. The molecule has 2 fully saturated rings. The van der Waals surface area contributed by atoms with Crippen LogP contribution in [-0.2, 0) is 10.4 Å². The average Bonchev–Trinajstić information content (AvgIpc) is 3.62. The van der Waals surface area contributed by atoms with Crippen LogP contribution in [0, 0.1) is 31.6 Å². The molecule has 3 aromatic rings. The summed E-state index contributed by atoms with van der Waals surface area (Å²) in [4.78, 5) is 24.4. The quantitative estimate of drug-likeness (QED) is 0.381. The van der Waals surface area contributed by atoms with Gasteiger partial charge in [0.15, 0.2) is 5.60 Å². The van der Waals surface area contributed by atoms with Crippen LogP contribution in [0.25, 0.3) is 5.57 Å². The van der Waals surface area contributed by atoms with Crippen molar-refractivity contribution in [2.75, 3.05) is 0 Å². The second-order valence-electron chi connectivity index (χ2n) is 10.7. The molecule has 2 aliphatic carbocycles. The summed E-state index contributed by atoms with van der Waals surface area (Å²) < 4.78 is 5.10. The van der Waals surface area contributed by atoms with Crippen molar-refractivity contribution >= 4 is 11.5 Å². The molecule has 0 spiro atoms. The highest BCUT2D eigenvalue weighted by molar-refractivity contribution is 6.04. The summed E-state index contributed by atoms with van der Waals surface area (Å²) in [7, 11) is 0. The van der Waals surface area contributed by atoms with Gasteiger partial charge in [-0.1, -0.05) is 30.0 Å².